The van der Waals surface area contributed by atoms with Gasteiger partial charge in [-0.1, -0.05) is 12.1 Å². The summed E-state index contributed by atoms with van der Waals surface area (Å²) in [6.45, 7) is 7.72. The molecular weight excluding hydrogens is 376 g/mol. The molecule has 9 heteroatoms. The van der Waals surface area contributed by atoms with Crippen LogP contribution in [0, 0.1) is 0 Å². The number of nitrogens with one attached hydrogen (secondary N) is 2. The first-order valence-electron chi connectivity index (χ1n) is 9.41. The van der Waals surface area contributed by atoms with Crippen LogP contribution in [0.3, 0.4) is 0 Å². The highest BCUT2D eigenvalue weighted by Crippen LogP contribution is 2.31. The van der Waals surface area contributed by atoms with Gasteiger partial charge in [-0.15, -0.1) is 0 Å². The molecule has 0 radical (unpaired) electrons. The Balaban J connectivity index is 1.50. The second kappa shape index (κ2) is 8.42. The minimum Gasteiger partial charge on any atom is -0.486 e. The van der Waals surface area contributed by atoms with Gasteiger partial charge in [-0.05, 0) is 39.8 Å². The average Bonchev–Trinajstić information content (AvgIpc) is 3.06. The van der Waals surface area contributed by atoms with Crippen molar-refractivity contribution in [2.24, 2.45) is 0 Å². The van der Waals surface area contributed by atoms with Crippen LogP contribution in [0.15, 0.2) is 36.7 Å². The molecule has 0 aliphatic carbocycles. The first kappa shape index (κ1) is 20.5. The van der Waals surface area contributed by atoms with Crippen LogP contribution in [0.25, 0.3) is 0 Å². The highest BCUT2D eigenvalue weighted by molar-refractivity contribution is 5.96. The number of fused-ring (bicyclic) bond motifs is 1. The molecule has 1 aliphatic rings. The maximum absolute atomic E-state index is 12.3. The van der Waals surface area contributed by atoms with Crippen LogP contribution in [-0.4, -0.2) is 46.1 Å². The van der Waals surface area contributed by atoms with Crippen molar-refractivity contribution in [3.8, 4) is 11.5 Å². The lowest BCUT2D eigenvalue weighted by Gasteiger charge is -2.26. The molecule has 156 valence electrons. The maximum Gasteiger partial charge on any atom is 0.408 e. The van der Waals surface area contributed by atoms with E-state index in [-0.39, 0.29) is 12.0 Å². The molecule has 0 fully saturated rings. The molecule has 9 nitrogen and oxygen atoms in total. The van der Waals surface area contributed by atoms with E-state index in [1.54, 1.807) is 38.6 Å². The number of alkyl carbamates (subject to hydrolysis) is 1. The molecule has 2 atom stereocenters. The van der Waals surface area contributed by atoms with Gasteiger partial charge in [0, 0.05) is 6.20 Å². The van der Waals surface area contributed by atoms with Crippen molar-refractivity contribution in [3.63, 3.8) is 0 Å². The predicted molar refractivity (Wildman–Crippen MR) is 106 cm³/mol. The van der Waals surface area contributed by atoms with Crippen molar-refractivity contribution in [2.45, 2.75) is 52.0 Å². The minimum absolute atomic E-state index is 0.193. The minimum atomic E-state index is -0.764. The predicted octanol–water partition coefficient (Wildman–Crippen LogP) is 2.57. The lowest BCUT2D eigenvalue weighted by molar-refractivity contribution is -0.117. The van der Waals surface area contributed by atoms with Gasteiger partial charge in [-0.3, -0.25) is 9.48 Å². The number of carbonyl (C=O) groups excluding carboxylic acids is 2. The zero-order valence-electron chi connectivity index (χ0n) is 17.0. The van der Waals surface area contributed by atoms with E-state index in [0.717, 1.165) is 5.75 Å². The lowest BCUT2D eigenvalue weighted by Crippen LogP contribution is -2.43. The summed E-state index contributed by atoms with van der Waals surface area (Å²) < 4.78 is 18.4. The van der Waals surface area contributed by atoms with Crippen LogP contribution in [0.1, 0.15) is 27.7 Å². The molecule has 1 aliphatic heterocycles. The molecule has 0 bridgehead atoms. The van der Waals surface area contributed by atoms with Gasteiger partial charge in [-0.25, -0.2) is 4.79 Å². The van der Waals surface area contributed by atoms with Gasteiger partial charge in [0.05, 0.1) is 18.4 Å². The normalized spacial score (nSPS) is 16.6. The van der Waals surface area contributed by atoms with Gasteiger partial charge in [0.1, 0.15) is 18.2 Å². The number of amides is 2. The molecular formula is C20H26N4O5. The summed E-state index contributed by atoms with van der Waals surface area (Å²) in [7, 11) is 0. The number of ether oxygens (including phenoxy) is 3. The zero-order valence-corrected chi connectivity index (χ0v) is 17.0. The number of carbonyl (C=O) groups is 2. The summed E-state index contributed by atoms with van der Waals surface area (Å²) >= 11 is 0. The van der Waals surface area contributed by atoms with Crippen LogP contribution in [0.4, 0.5) is 10.5 Å². The zero-order chi connectivity index (χ0) is 21.0. The summed E-state index contributed by atoms with van der Waals surface area (Å²) in [4.78, 5) is 24.1. The van der Waals surface area contributed by atoms with Crippen LogP contribution < -0.4 is 20.1 Å². The van der Waals surface area contributed by atoms with E-state index in [9.17, 15) is 9.59 Å². The van der Waals surface area contributed by atoms with Crippen molar-refractivity contribution in [3.05, 3.63) is 36.7 Å². The van der Waals surface area contributed by atoms with Gasteiger partial charge in [0.15, 0.2) is 17.6 Å². The molecule has 0 saturated carbocycles. The first-order valence-corrected chi connectivity index (χ1v) is 9.41. The van der Waals surface area contributed by atoms with Crippen LogP contribution >= 0.6 is 0 Å². The standard InChI is InChI=1S/C20H26N4O5/c1-13(22-19(26)29-20(2,3)4)18(25)23-14-9-21-24(10-14)11-15-12-27-16-7-5-6-8-17(16)28-15/h5-10,13,15H,11-12H2,1-4H3,(H,22,26)(H,23,25)/t13-,15+/m0/s1. The number of aromatic nitrogens is 2. The fraction of sp³-hybridized carbons (Fsp3) is 0.450. The van der Waals surface area contributed by atoms with E-state index in [2.05, 4.69) is 15.7 Å². The third-order valence-electron chi connectivity index (χ3n) is 3.99. The third kappa shape index (κ3) is 5.87. The monoisotopic (exact) mass is 402 g/mol. The molecule has 2 aromatic rings. The Kier molecular flexibility index (Phi) is 5.95. The fourth-order valence-corrected chi connectivity index (χ4v) is 2.69. The van der Waals surface area contributed by atoms with Gasteiger partial charge >= 0.3 is 6.09 Å². The molecule has 1 aromatic carbocycles. The number of benzene rings is 1. The second-order valence-corrected chi connectivity index (χ2v) is 7.81. The summed E-state index contributed by atoms with van der Waals surface area (Å²) in [5.74, 6) is 1.05. The summed E-state index contributed by atoms with van der Waals surface area (Å²) in [5, 5.41) is 9.46. The molecule has 2 heterocycles. The largest absolute Gasteiger partial charge is 0.486 e. The molecule has 0 unspecified atom stereocenters. The quantitative estimate of drug-likeness (QED) is 0.797. The Hall–Kier alpha value is -3.23. The lowest BCUT2D eigenvalue weighted by atomic mass is 10.2. The van der Waals surface area contributed by atoms with E-state index >= 15 is 0 Å². The highest BCUT2D eigenvalue weighted by Gasteiger charge is 2.23. The average molecular weight is 402 g/mol. The van der Waals surface area contributed by atoms with Crippen LogP contribution in [-0.2, 0) is 16.1 Å². The van der Waals surface area contributed by atoms with Gasteiger partial charge in [0.25, 0.3) is 0 Å². The summed E-state index contributed by atoms with van der Waals surface area (Å²) in [6, 6.07) is 6.73. The molecule has 29 heavy (non-hydrogen) atoms. The van der Waals surface area contributed by atoms with E-state index in [4.69, 9.17) is 14.2 Å². The Morgan fingerprint density at radius 2 is 2.03 bits per heavy atom. The van der Waals surface area contributed by atoms with Gasteiger partial charge < -0.3 is 24.8 Å². The van der Waals surface area contributed by atoms with E-state index in [1.165, 1.54) is 6.20 Å². The number of para-hydroxylation sites is 2. The van der Waals surface area contributed by atoms with Crippen molar-refractivity contribution in [1.82, 2.24) is 15.1 Å². The van der Waals surface area contributed by atoms with Crippen molar-refractivity contribution < 1.29 is 23.8 Å². The number of rotatable bonds is 5. The molecule has 3 rings (SSSR count). The Morgan fingerprint density at radius 3 is 2.76 bits per heavy atom. The Morgan fingerprint density at radius 1 is 1.31 bits per heavy atom. The molecule has 2 amide bonds. The summed E-state index contributed by atoms with van der Waals surface area (Å²) in [6.07, 6.45) is 2.39. The fourth-order valence-electron chi connectivity index (χ4n) is 2.69. The topological polar surface area (TPSA) is 104 Å². The SMILES string of the molecule is C[C@H](NC(=O)OC(C)(C)C)C(=O)Nc1cnn(C[C@@H]2COc3ccccc3O2)c1. The Labute approximate surface area is 169 Å². The van der Waals surface area contributed by atoms with Gasteiger partial charge in [0.2, 0.25) is 5.91 Å². The number of nitrogens with zero attached hydrogens (tertiary/aromatic N) is 2. The van der Waals surface area contributed by atoms with Crippen LogP contribution in [0.2, 0.25) is 0 Å². The Bertz CT molecular complexity index is 874. The smallest absolute Gasteiger partial charge is 0.408 e. The van der Waals surface area contributed by atoms with Crippen molar-refractivity contribution in [2.75, 3.05) is 11.9 Å². The number of anilines is 1. The highest BCUT2D eigenvalue weighted by atomic mass is 16.6. The second-order valence-electron chi connectivity index (χ2n) is 7.81. The molecule has 0 spiro atoms. The van der Waals surface area contributed by atoms with E-state index in [0.29, 0.717) is 24.6 Å². The number of hydrogen-bond donors (Lipinski definition) is 2. The van der Waals surface area contributed by atoms with Gasteiger partial charge in [-0.2, -0.15) is 5.10 Å². The van der Waals surface area contributed by atoms with Crippen LogP contribution in [0.5, 0.6) is 11.5 Å². The van der Waals surface area contributed by atoms with E-state index < -0.39 is 17.7 Å². The first-order chi connectivity index (χ1) is 13.7. The molecule has 0 saturated heterocycles. The third-order valence-corrected chi connectivity index (χ3v) is 3.99. The molecule has 2 N–H and O–H groups in total. The van der Waals surface area contributed by atoms with E-state index in [1.807, 2.05) is 24.3 Å². The maximum atomic E-state index is 12.3. The molecule has 1 aromatic heterocycles. The summed E-state index contributed by atoms with van der Waals surface area (Å²) in [5.41, 5.74) is -0.114. The number of hydrogen-bond acceptors (Lipinski definition) is 6. The van der Waals surface area contributed by atoms with Crippen molar-refractivity contribution >= 4 is 17.7 Å². The van der Waals surface area contributed by atoms with Crippen molar-refractivity contribution in [1.29, 1.82) is 0 Å².